The van der Waals surface area contributed by atoms with Crippen molar-refractivity contribution >= 4 is 23.9 Å². The van der Waals surface area contributed by atoms with Gasteiger partial charge < -0.3 is 20.1 Å². The standard InChI is InChI=1S/C30H34N4O5/c1-4-38-27-16-24(12-15-26(27)39-20-28(35)31-17-22-8-6-5-7-9-22)19-33-34-30(37)29(36)32-18-23-10-13-25(14-11-23)21(2)3/h5-16,19,21H,4,17-18,20H2,1-3H3,(H,31,35)(H,32,36)(H,34,37)/b33-19-. The first kappa shape index (κ1) is 28.9. The lowest BCUT2D eigenvalue weighted by molar-refractivity contribution is -0.139. The molecule has 0 atom stereocenters. The minimum Gasteiger partial charge on any atom is -0.490 e. The first-order valence-corrected chi connectivity index (χ1v) is 12.8. The minimum atomic E-state index is -0.878. The van der Waals surface area contributed by atoms with Gasteiger partial charge in [0.25, 0.3) is 5.91 Å². The molecule has 0 aliphatic heterocycles. The number of carbonyl (C=O) groups is 3. The average molecular weight is 531 g/mol. The largest absolute Gasteiger partial charge is 0.490 e. The summed E-state index contributed by atoms with van der Waals surface area (Å²) < 4.78 is 11.3. The Bertz CT molecular complexity index is 1270. The molecular formula is C30H34N4O5. The monoisotopic (exact) mass is 530 g/mol. The summed E-state index contributed by atoms with van der Waals surface area (Å²) in [4.78, 5) is 36.4. The number of carbonyl (C=O) groups excluding carboxylic acids is 3. The molecule has 0 radical (unpaired) electrons. The molecule has 0 aliphatic carbocycles. The maximum Gasteiger partial charge on any atom is 0.329 e. The summed E-state index contributed by atoms with van der Waals surface area (Å²) in [5, 5.41) is 9.24. The summed E-state index contributed by atoms with van der Waals surface area (Å²) >= 11 is 0. The molecule has 3 rings (SSSR count). The Balaban J connectivity index is 1.47. The van der Waals surface area contributed by atoms with Gasteiger partial charge in [0.2, 0.25) is 0 Å². The van der Waals surface area contributed by atoms with Crippen molar-refractivity contribution < 1.29 is 23.9 Å². The SMILES string of the molecule is CCOc1cc(/C=N\NC(=O)C(=O)NCc2ccc(C(C)C)cc2)ccc1OCC(=O)NCc1ccccc1. The molecule has 0 aromatic heterocycles. The first-order chi connectivity index (χ1) is 18.9. The van der Waals surface area contributed by atoms with Crippen LogP contribution in [0.25, 0.3) is 0 Å². The summed E-state index contributed by atoms with van der Waals surface area (Å²) in [7, 11) is 0. The maximum absolute atomic E-state index is 12.2. The Morgan fingerprint density at radius 2 is 1.51 bits per heavy atom. The van der Waals surface area contributed by atoms with Crippen LogP contribution in [0, 0.1) is 0 Å². The molecule has 0 saturated carbocycles. The van der Waals surface area contributed by atoms with Gasteiger partial charge in [-0.1, -0.05) is 68.4 Å². The van der Waals surface area contributed by atoms with Crippen molar-refractivity contribution in [2.75, 3.05) is 13.2 Å². The molecule has 0 saturated heterocycles. The van der Waals surface area contributed by atoms with Crippen molar-refractivity contribution in [2.45, 2.75) is 39.8 Å². The Morgan fingerprint density at radius 3 is 2.21 bits per heavy atom. The van der Waals surface area contributed by atoms with Crippen LogP contribution in [0.4, 0.5) is 0 Å². The van der Waals surface area contributed by atoms with E-state index in [1.807, 2.05) is 61.5 Å². The molecule has 9 nitrogen and oxygen atoms in total. The molecule has 0 aliphatic rings. The first-order valence-electron chi connectivity index (χ1n) is 12.8. The van der Waals surface area contributed by atoms with Crippen LogP contribution < -0.4 is 25.5 Å². The molecule has 0 fully saturated rings. The van der Waals surface area contributed by atoms with Gasteiger partial charge in [-0.3, -0.25) is 14.4 Å². The number of ether oxygens (including phenoxy) is 2. The Morgan fingerprint density at radius 1 is 0.821 bits per heavy atom. The highest BCUT2D eigenvalue weighted by Gasteiger charge is 2.13. The number of benzene rings is 3. The molecule has 0 spiro atoms. The van der Waals surface area contributed by atoms with E-state index < -0.39 is 11.8 Å². The van der Waals surface area contributed by atoms with E-state index in [2.05, 4.69) is 35.0 Å². The number of hydrogen-bond donors (Lipinski definition) is 3. The topological polar surface area (TPSA) is 118 Å². The number of hydrogen-bond acceptors (Lipinski definition) is 6. The summed E-state index contributed by atoms with van der Waals surface area (Å²) in [5.41, 5.74) is 5.91. The predicted octanol–water partition coefficient (Wildman–Crippen LogP) is 3.67. The van der Waals surface area contributed by atoms with Crippen LogP contribution in [0.5, 0.6) is 11.5 Å². The number of hydrazone groups is 1. The van der Waals surface area contributed by atoms with E-state index in [4.69, 9.17) is 9.47 Å². The summed E-state index contributed by atoms with van der Waals surface area (Å²) in [6.45, 7) is 6.90. The van der Waals surface area contributed by atoms with Crippen molar-refractivity contribution in [2.24, 2.45) is 5.10 Å². The van der Waals surface area contributed by atoms with Crippen LogP contribution in [0.3, 0.4) is 0 Å². The van der Waals surface area contributed by atoms with Gasteiger partial charge in [-0.05, 0) is 53.3 Å². The Hall–Kier alpha value is -4.66. The quantitative estimate of drug-likeness (QED) is 0.188. The van der Waals surface area contributed by atoms with Crippen LogP contribution in [0.2, 0.25) is 0 Å². The molecule has 3 N–H and O–H groups in total. The third-order valence-electron chi connectivity index (χ3n) is 5.64. The van der Waals surface area contributed by atoms with E-state index in [0.717, 1.165) is 11.1 Å². The van der Waals surface area contributed by atoms with Gasteiger partial charge in [-0.15, -0.1) is 0 Å². The highest BCUT2D eigenvalue weighted by Crippen LogP contribution is 2.28. The van der Waals surface area contributed by atoms with E-state index in [-0.39, 0.29) is 19.1 Å². The van der Waals surface area contributed by atoms with Crippen molar-refractivity contribution in [1.29, 1.82) is 0 Å². The van der Waals surface area contributed by atoms with Crippen LogP contribution in [-0.2, 0) is 27.5 Å². The lowest BCUT2D eigenvalue weighted by Gasteiger charge is -2.12. The third-order valence-corrected chi connectivity index (χ3v) is 5.64. The highest BCUT2D eigenvalue weighted by molar-refractivity contribution is 6.35. The summed E-state index contributed by atoms with van der Waals surface area (Å²) in [6.07, 6.45) is 1.38. The molecule has 0 bridgehead atoms. The Kier molecular flexibility index (Phi) is 11.1. The zero-order chi connectivity index (χ0) is 28.0. The van der Waals surface area contributed by atoms with Crippen molar-refractivity contribution in [3.63, 3.8) is 0 Å². The lowest BCUT2D eigenvalue weighted by Crippen LogP contribution is -2.37. The fraction of sp³-hybridized carbons (Fsp3) is 0.267. The summed E-state index contributed by atoms with van der Waals surface area (Å²) in [6, 6.07) is 22.4. The predicted molar refractivity (Wildman–Crippen MR) is 150 cm³/mol. The Labute approximate surface area is 228 Å². The summed E-state index contributed by atoms with van der Waals surface area (Å²) in [5.74, 6) is -0.692. The number of rotatable bonds is 12. The van der Waals surface area contributed by atoms with Gasteiger partial charge >= 0.3 is 11.8 Å². The zero-order valence-corrected chi connectivity index (χ0v) is 22.4. The number of nitrogens with zero attached hydrogens (tertiary/aromatic N) is 1. The smallest absolute Gasteiger partial charge is 0.329 e. The molecule has 39 heavy (non-hydrogen) atoms. The van der Waals surface area contributed by atoms with E-state index in [1.165, 1.54) is 11.8 Å². The van der Waals surface area contributed by atoms with Crippen LogP contribution in [-0.4, -0.2) is 37.1 Å². The third kappa shape index (κ3) is 9.62. The maximum atomic E-state index is 12.2. The van der Waals surface area contributed by atoms with Gasteiger partial charge in [-0.2, -0.15) is 5.10 Å². The second kappa shape index (κ2) is 14.9. The molecule has 0 heterocycles. The zero-order valence-electron chi connectivity index (χ0n) is 22.4. The van der Waals surface area contributed by atoms with Gasteiger partial charge in [0.15, 0.2) is 18.1 Å². The van der Waals surface area contributed by atoms with Crippen molar-refractivity contribution in [3.05, 3.63) is 95.1 Å². The molecular weight excluding hydrogens is 496 g/mol. The molecule has 3 aromatic rings. The minimum absolute atomic E-state index is 0.173. The second-order valence-electron chi connectivity index (χ2n) is 8.97. The van der Waals surface area contributed by atoms with E-state index in [0.29, 0.717) is 36.1 Å². The van der Waals surface area contributed by atoms with E-state index >= 15 is 0 Å². The van der Waals surface area contributed by atoms with Gasteiger partial charge in [0.05, 0.1) is 12.8 Å². The fourth-order valence-corrected chi connectivity index (χ4v) is 3.48. The number of nitrogens with one attached hydrogen (secondary N) is 3. The molecule has 204 valence electrons. The fourth-order valence-electron chi connectivity index (χ4n) is 3.48. The van der Waals surface area contributed by atoms with Crippen LogP contribution in [0.1, 0.15) is 48.9 Å². The number of amides is 3. The normalized spacial score (nSPS) is 10.8. The second-order valence-corrected chi connectivity index (χ2v) is 8.97. The van der Waals surface area contributed by atoms with E-state index in [1.54, 1.807) is 18.2 Å². The average Bonchev–Trinajstić information content (AvgIpc) is 2.95. The van der Waals surface area contributed by atoms with Crippen molar-refractivity contribution in [3.8, 4) is 11.5 Å². The van der Waals surface area contributed by atoms with Crippen LogP contribution in [0.15, 0.2) is 77.9 Å². The van der Waals surface area contributed by atoms with Gasteiger partial charge in [0.1, 0.15) is 0 Å². The van der Waals surface area contributed by atoms with Crippen LogP contribution >= 0.6 is 0 Å². The molecule has 3 amide bonds. The lowest BCUT2D eigenvalue weighted by atomic mass is 10.0. The molecule has 9 heteroatoms. The van der Waals surface area contributed by atoms with Gasteiger partial charge in [-0.25, -0.2) is 5.43 Å². The highest BCUT2D eigenvalue weighted by atomic mass is 16.5. The van der Waals surface area contributed by atoms with Crippen molar-refractivity contribution in [1.82, 2.24) is 16.1 Å². The van der Waals surface area contributed by atoms with Gasteiger partial charge in [0, 0.05) is 13.1 Å². The molecule has 0 unspecified atom stereocenters. The molecule has 3 aromatic carbocycles. The van der Waals surface area contributed by atoms with E-state index in [9.17, 15) is 14.4 Å².